The lowest BCUT2D eigenvalue weighted by atomic mass is 9.90. The second-order valence-electron chi connectivity index (χ2n) is 5.67. The fraction of sp³-hybridized carbons (Fsp3) is 0. The molecule has 0 bridgehead atoms. The van der Waals surface area contributed by atoms with Crippen molar-refractivity contribution in [1.82, 2.24) is 0 Å². The summed E-state index contributed by atoms with van der Waals surface area (Å²) in [7, 11) is 0. The van der Waals surface area contributed by atoms with Gasteiger partial charge in [-0.15, -0.1) is 0 Å². The van der Waals surface area contributed by atoms with E-state index in [2.05, 4.69) is 0 Å². The molecule has 0 aliphatic heterocycles. The number of hydrogen-bond acceptors (Lipinski definition) is 0. The van der Waals surface area contributed by atoms with Gasteiger partial charge in [-0.3, -0.25) is 0 Å². The standard InChI is InChI=1S/C20H10F2/c21-19-15-7-3-5-11-8-9-14-13-6-2-1-4-12(13)10-16(20(19)22)18(14)17(11)15/h1-10H. The molecule has 0 saturated carbocycles. The van der Waals surface area contributed by atoms with E-state index in [9.17, 15) is 8.78 Å². The van der Waals surface area contributed by atoms with Gasteiger partial charge in [-0.25, -0.2) is 8.78 Å². The van der Waals surface area contributed by atoms with Gasteiger partial charge in [0.05, 0.1) is 0 Å². The van der Waals surface area contributed by atoms with Crippen molar-refractivity contribution in [1.29, 1.82) is 0 Å². The molecule has 0 amide bonds. The van der Waals surface area contributed by atoms with Crippen LogP contribution >= 0.6 is 0 Å². The van der Waals surface area contributed by atoms with Gasteiger partial charge in [0.1, 0.15) is 0 Å². The minimum Gasteiger partial charge on any atom is -0.203 e. The third kappa shape index (κ3) is 1.30. The third-order valence-electron chi connectivity index (χ3n) is 4.53. The lowest BCUT2D eigenvalue weighted by Gasteiger charge is -2.14. The Hall–Kier alpha value is -2.74. The number of benzene rings is 5. The number of rotatable bonds is 0. The minimum atomic E-state index is -0.763. The van der Waals surface area contributed by atoms with Gasteiger partial charge in [0.2, 0.25) is 0 Å². The van der Waals surface area contributed by atoms with Crippen LogP contribution in [-0.4, -0.2) is 0 Å². The highest BCUT2D eigenvalue weighted by atomic mass is 19.2. The van der Waals surface area contributed by atoms with Gasteiger partial charge in [-0.05, 0) is 27.6 Å². The Labute approximate surface area is 124 Å². The van der Waals surface area contributed by atoms with Gasteiger partial charge in [-0.2, -0.15) is 0 Å². The molecule has 0 atom stereocenters. The molecule has 0 unspecified atom stereocenters. The minimum absolute atomic E-state index is 0.350. The van der Waals surface area contributed by atoms with Crippen LogP contribution < -0.4 is 0 Å². The zero-order valence-electron chi connectivity index (χ0n) is 11.5. The Morgan fingerprint density at radius 2 is 1.23 bits per heavy atom. The fourth-order valence-electron chi connectivity index (χ4n) is 3.57. The highest BCUT2D eigenvalue weighted by Gasteiger charge is 2.18. The van der Waals surface area contributed by atoms with Gasteiger partial charge < -0.3 is 0 Å². The van der Waals surface area contributed by atoms with Crippen LogP contribution in [0.25, 0.3) is 43.1 Å². The summed E-state index contributed by atoms with van der Waals surface area (Å²) in [5.41, 5.74) is 0. The molecule has 0 spiro atoms. The van der Waals surface area contributed by atoms with Gasteiger partial charge in [-0.1, -0.05) is 54.6 Å². The van der Waals surface area contributed by atoms with E-state index in [1.165, 1.54) is 0 Å². The maximum absolute atomic E-state index is 14.6. The van der Waals surface area contributed by atoms with Crippen molar-refractivity contribution in [2.24, 2.45) is 0 Å². The van der Waals surface area contributed by atoms with Crippen LogP contribution in [0.5, 0.6) is 0 Å². The van der Waals surface area contributed by atoms with Crippen LogP contribution in [0, 0.1) is 11.6 Å². The summed E-state index contributed by atoms with van der Waals surface area (Å²) >= 11 is 0. The lowest BCUT2D eigenvalue weighted by molar-refractivity contribution is 0.525. The molecule has 104 valence electrons. The maximum Gasteiger partial charge on any atom is 0.167 e. The maximum atomic E-state index is 14.6. The molecule has 5 aromatic rings. The van der Waals surface area contributed by atoms with E-state index in [1.807, 2.05) is 42.5 Å². The van der Waals surface area contributed by atoms with E-state index >= 15 is 0 Å². The van der Waals surface area contributed by atoms with Gasteiger partial charge in [0.25, 0.3) is 0 Å². The molecule has 0 heterocycles. The average molecular weight is 288 g/mol. The first-order valence-electron chi connectivity index (χ1n) is 7.19. The van der Waals surface area contributed by atoms with E-state index in [1.54, 1.807) is 18.2 Å². The second-order valence-corrected chi connectivity index (χ2v) is 5.67. The molecule has 0 aliphatic carbocycles. The van der Waals surface area contributed by atoms with Crippen molar-refractivity contribution in [3.63, 3.8) is 0 Å². The molecule has 0 N–H and O–H groups in total. The van der Waals surface area contributed by atoms with E-state index in [-0.39, 0.29) is 0 Å². The van der Waals surface area contributed by atoms with Gasteiger partial charge in [0.15, 0.2) is 11.6 Å². The number of hydrogen-bond donors (Lipinski definition) is 0. The van der Waals surface area contributed by atoms with Crippen molar-refractivity contribution < 1.29 is 8.78 Å². The van der Waals surface area contributed by atoms with Gasteiger partial charge >= 0.3 is 0 Å². The topological polar surface area (TPSA) is 0 Å². The predicted molar refractivity (Wildman–Crippen MR) is 87.6 cm³/mol. The van der Waals surface area contributed by atoms with Crippen LogP contribution in [0.15, 0.2) is 60.7 Å². The van der Waals surface area contributed by atoms with Crippen molar-refractivity contribution in [3.8, 4) is 0 Å². The molecular formula is C20H10F2. The first-order chi connectivity index (χ1) is 10.8. The first kappa shape index (κ1) is 11.9. The summed E-state index contributed by atoms with van der Waals surface area (Å²) in [5.74, 6) is -1.53. The summed E-state index contributed by atoms with van der Waals surface area (Å²) in [5, 5.41) is 6.21. The Kier molecular flexibility index (Phi) is 2.11. The smallest absolute Gasteiger partial charge is 0.167 e. The van der Waals surface area contributed by atoms with E-state index in [4.69, 9.17) is 0 Å². The summed E-state index contributed by atoms with van der Waals surface area (Å²) in [4.78, 5) is 0. The molecule has 0 aromatic heterocycles. The summed E-state index contributed by atoms with van der Waals surface area (Å²) in [6, 6.07) is 18.9. The molecule has 22 heavy (non-hydrogen) atoms. The van der Waals surface area contributed by atoms with Crippen LogP contribution in [-0.2, 0) is 0 Å². The molecule has 0 radical (unpaired) electrons. The fourth-order valence-corrected chi connectivity index (χ4v) is 3.57. The predicted octanol–water partition coefficient (Wildman–Crippen LogP) is 6.02. The number of fused-ring (bicyclic) bond motifs is 2. The zero-order chi connectivity index (χ0) is 14.8. The molecule has 0 nitrogen and oxygen atoms in total. The second kappa shape index (κ2) is 3.92. The molecule has 5 rings (SSSR count). The van der Waals surface area contributed by atoms with Crippen molar-refractivity contribution in [3.05, 3.63) is 72.3 Å². The molecule has 0 aliphatic rings. The molecule has 0 saturated heterocycles. The molecule has 5 aromatic carbocycles. The third-order valence-corrected chi connectivity index (χ3v) is 4.53. The van der Waals surface area contributed by atoms with Crippen LogP contribution in [0.2, 0.25) is 0 Å². The average Bonchev–Trinajstić information content (AvgIpc) is 2.57. The van der Waals surface area contributed by atoms with Crippen LogP contribution in [0.3, 0.4) is 0 Å². The Morgan fingerprint density at radius 1 is 0.500 bits per heavy atom. The van der Waals surface area contributed by atoms with Gasteiger partial charge in [0, 0.05) is 21.5 Å². The summed E-state index contributed by atoms with van der Waals surface area (Å²) in [6.07, 6.45) is 0. The monoisotopic (exact) mass is 288 g/mol. The highest BCUT2D eigenvalue weighted by molar-refractivity contribution is 6.29. The quantitative estimate of drug-likeness (QED) is 0.241. The molecular weight excluding hydrogens is 278 g/mol. The Bertz CT molecular complexity index is 1190. The first-order valence-corrected chi connectivity index (χ1v) is 7.19. The lowest BCUT2D eigenvalue weighted by Crippen LogP contribution is -1.93. The van der Waals surface area contributed by atoms with Crippen molar-refractivity contribution in [2.45, 2.75) is 0 Å². The van der Waals surface area contributed by atoms with Crippen LogP contribution in [0.1, 0.15) is 0 Å². The van der Waals surface area contributed by atoms with Crippen molar-refractivity contribution in [2.75, 3.05) is 0 Å². The zero-order valence-corrected chi connectivity index (χ0v) is 11.5. The van der Waals surface area contributed by atoms with Crippen LogP contribution in [0.4, 0.5) is 8.78 Å². The van der Waals surface area contributed by atoms with E-state index in [0.717, 1.165) is 32.3 Å². The SMILES string of the molecule is Fc1c(F)c2cc3ccccc3c3ccc4cccc1c4c23. The van der Waals surface area contributed by atoms with Crippen molar-refractivity contribution >= 4 is 43.1 Å². The molecule has 2 heteroatoms. The van der Waals surface area contributed by atoms with E-state index in [0.29, 0.717) is 10.8 Å². The highest BCUT2D eigenvalue weighted by Crippen LogP contribution is 2.40. The largest absolute Gasteiger partial charge is 0.203 e. The normalized spacial score (nSPS) is 12.1. The summed E-state index contributed by atoms with van der Waals surface area (Å²) < 4.78 is 29.1. The molecule has 0 fully saturated rings. The van der Waals surface area contributed by atoms with E-state index < -0.39 is 11.6 Å². The summed E-state index contributed by atoms with van der Waals surface area (Å²) in [6.45, 7) is 0. The Balaban J connectivity index is 2.26. The number of halogens is 2. The Morgan fingerprint density at radius 3 is 2.14 bits per heavy atom.